The molecule has 0 heterocycles. The van der Waals surface area contributed by atoms with Crippen molar-refractivity contribution < 1.29 is 48.9 Å². The highest BCUT2D eigenvalue weighted by atomic mass is 16.4. The SMILES string of the molecule is NCC(=O)NC(CC(=O)O)C(=O)NC(CCC(N)=O)C(=O)NC(CC(=O)O)C(=O)O. The lowest BCUT2D eigenvalue weighted by molar-refractivity contribution is -0.147. The molecule has 15 heteroatoms. The van der Waals surface area contributed by atoms with Gasteiger partial charge in [0.1, 0.15) is 18.1 Å². The minimum absolute atomic E-state index is 0.406. The number of nitrogens with two attached hydrogens (primary N) is 2. The van der Waals surface area contributed by atoms with E-state index in [9.17, 15) is 33.6 Å². The molecule has 10 N–H and O–H groups in total. The molecule has 3 atom stereocenters. The van der Waals surface area contributed by atoms with Gasteiger partial charge in [0, 0.05) is 6.42 Å². The summed E-state index contributed by atoms with van der Waals surface area (Å²) in [5.41, 5.74) is 10.1. The molecule has 0 aromatic heterocycles. The van der Waals surface area contributed by atoms with Gasteiger partial charge in [-0.05, 0) is 6.42 Å². The molecule has 0 bridgehead atoms. The van der Waals surface area contributed by atoms with Gasteiger partial charge in [-0.15, -0.1) is 0 Å². The Bertz CT molecular complexity index is 710. The first kappa shape index (κ1) is 26.2. The fraction of sp³-hybridized carbons (Fsp3) is 0.533. The summed E-state index contributed by atoms with van der Waals surface area (Å²) in [4.78, 5) is 79.9. The fourth-order valence-electron chi connectivity index (χ4n) is 2.11. The summed E-state index contributed by atoms with van der Waals surface area (Å²) < 4.78 is 0. The zero-order chi connectivity index (χ0) is 23.4. The number of carbonyl (C=O) groups excluding carboxylic acids is 4. The largest absolute Gasteiger partial charge is 0.481 e. The molecule has 0 aliphatic rings. The van der Waals surface area contributed by atoms with Gasteiger partial charge in [-0.25, -0.2) is 4.79 Å². The van der Waals surface area contributed by atoms with Crippen LogP contribution in [0.3, 0.4) is 0 Å². The van der Waals surface area contributed by atoms with Crippen LogP contribution in [-0.2, 0) is 33.6 Å². The van der Waals surface area contributed by atoms with E-state index in [2.05, 4.69) is 5.32 Å². The Morgan fingerprint density at radius 1 is 0.733 bits per heavy atom. The fourth-order valence-corrected chi connectivity index (χ4v) is 2.11. The van der Waals surface area contributed by atoms with Crippen LogP contribution in [0.5, 0.6) is 0 Å². The third-order valence-corrected chi connectivity index (χ3v) is 3.52. The van der Waals surface area contributed by atoms with E-state index in [-0.39, 0.29) is 0 Å². The van der Waals surface area contributed by atoms with Crippen LogP contribution in [0.4, 0.5) is 0 Å². The van der Waals surface area contributed by atoms with Crippen molar-refractivity contribution in [2.75, 3.05) is 6.54 Å². The standard InChI is InChI=1S/C15H23N5O10/c16-5-10(22)18-7(3-11(23)24)14(28)19-6(1-2-9(17)21)13(27)20-8(15(29)30)4-12(25)26/h6-8H,1-5,16H2,(H2,17,21)(H,18,22)(H,19,28)(H,20,27)(H,23,24)(H,25,26)(H,29,30). The van der Waals surface area contributed by atoms with Crippen LogP contribution >= 0.6 is 0 Å². The molecule has 0 aromatic carbocycles. The average Bonchev–Trinajstić information content (AvgIpc) is 2.62. The second-order valence-electron chi connectivity index (χ2n) is 5.99. The second-order valence-corrected chi connectivity index (χ2v) is 5.99. The first-order valence-electron chi connectivity index (χ1n) is 8.42. The lowest BCUT2D eigenvalue weighted by Gasteiger charge is -2.23. The first-order chi connectivity index (χ1) is 13.9. The Kier molecular flexibility index (Phi) is 11.1. The van der Waals surface area contributed by atoms with Crippen LogP contribution in [0.1, 0.15) is 25.7 Å². The number of aliphatic carboxylic acids is 3. The third kappa shape index (κ3) is 10.5. The van der Waals surface area contributed by atoms with Crippen molar-refractivity contribution in [3.63, 3.8) is 0 Å². The molecule has 4 amide bonds. The van der Waals surface area contributed by atoms with E-state index in [0.717, 1.165) is 0 Å². The normalized spacial score (nSPS) is 13.2. The molecule has 168 valence electrons. The monoisotopic (exact) mass is 433 g/mol. The number of carbonyl (C=O) groups is 7. The van der Waals surface area contributed by atoms with Gasteiger partial charge in [-0.1, -0.05) is 0 Å². The van der Waals surface area contributed by atoms with E-state index < -0.39 is 91.9 Å². The smallest absolute Gasteiger partial charge is 0.326 e. The van der Waals surface area contributed by atoms with Crippen LogP contribution in [0.15, 0.2) is 0 Å². The molecule has 0 saturated heterocycles. The molecule has 30 heavy (non-hydrogen) atoms. The molecule has 0 radical (unpaired) electrons. The summed E-state index contributed by atoms with van der Waals surface area (Å²) in [7, 11) is 0. The number of amides is 4. The Morgan fingerprint density at radius 2 is 1.20 bits per heavy atom. The van der Waals surface area contributed by atoms with Gasteiger partial charge < -0.3 is 42.7 Å². The molecule has 0 aromatic rings. The highest BCUT2D eigenvalue weighted by molar-refractivity contribution is 5.95. The lowest BCUT2D eigenvalue weighted by atomic mass is 10.1. The zero-order valence-electron chi connectivity index (χ0n) is 15.6. The second kappa shape index (κ2) is 12.7. The van der Waals surface area contributed by atoms with Crippen molar-refractivity contribution >= 4 is 41.5 Å². The molecular formula is C15H23N5O10. The van der Waals surface area contributed by atoms with Gasteiger partial charge in [-0.2, -0.15) is 0 Å². The average molecular weight is 433 g/mol. The van der Waals surface area contributed by atoms with E-state index in [4.69, 9.17) is 26.8 Å². The molecule has 0 saturated carbocycles. The molecule has 0 fully saturated rings. The minimum atomic E-state index is -1.84. The summed E-state index contributed by atoms with van der Waals surface area (Å²) in [6.45, 7) is -0.551. The van der Waals surface area contributed by atoms with Crippen LogP contribution in [-0.4, -0.2) is 81.5 Å². The van der Waals surface area contributed by atoms with Crippen LogP contribution in [0, 0.1) is 0 Å². The quantitative estimate of drug-likeness (QED) is 0.130. The van der Waals surface area contributed by atoms with Crippen LogP contribution < -0.4 is 27.4 Å². The molecule has 15 nitrogen and oxygen atoms in total. The van der Waals surface area contributed by atoms with E-state index in [1.807, 2.05) is 10.6 Å². The lowest BCUT2D eigenvalue weighted by Crippen LogP contribution is -2.56. The number of carboxylic acids is 3. The van der Waals surface area contributed by atoms with Crippen LogP contribution in [0.25, 0.3) is 0 Å². The van der Waals surface area contributed by atoms with Crippen molar-refractivity contribution in [2.24, 2.45) is 11.5 Å². The van der Waals surface area contributed by atoms with Gasteiger partial charge in [0.15, 0.2) is 0 Å². The van der Waals surface area contributed by atoms with E-state index >= 15 is 0 Å². The number of primary amides is 1. The third-order valence-electron chi connectivity index (χ3n) is 3.52. The van der Waals surface area contributed by atoms with Crippen molar-refractivity contribution in [1.29, 1.82) is 0 Å². The predicted octanol–water partition coefficient (Wildman–Crippen LogP) is -4.30. The van der Waals surface area contributed by atoms with Crippen molar-refractivity contribution in [1.82, 2.24) is 16.0 Å². The summed E-state index contributed by atoms with van der Waals surface area (Å²) in [6, 6.07) is -5.04. The first-order valence-corrected chi connectivity index (χ1v) is 8.42. The number of hydrogen-bond acceptors (Lipinski definition) is 8. The highest BCUT2D eigenvalue weighted by Crippen LogP contribution is 2.03. The maximum atomic E-state index is 12.4. The van der Waals surface area contributed by atoms with Crippen molar-refractivity contribution in [3.05, 3.63) is 0 Å². The van der Waals surface area contributed by atoms with Crippen LogP contribution in [0.2, 0.25) is 0 Å². The molecule has 0 aliphatic carbocycles. The number of rotatable bonds is 14. The van der Waals surface area contributed by atoms with Gasteiger partial charge in [0.2, 0.25) is 23.6 Å². The highest BCUT2D eigenvalue weighted by Gasteiger charge is 2.31. The number of hydrogen-bond donors (Lipinski definition) is 8. The molecule has 0 aliphatic heterocycles. The van der Waals surface area contributed by atoms with Gasteiger partial charge in [0.05, 0.1) is 19.4 Å². The summed E-state index contributed by atoms with van der Waals surface area (Å²) in [5.74, 6) is -8.65. The summed E-state index contributed by atoms with van der Waals surface area (Å²) in [6.07, 6.45) is -2.66. The maximum absolute atomic E-state index is 12.4. The maximum Gasteiger partial charge on any atom is 0.326 e. The van der Waals surface area contributed by atoms with E-state index in [1.165, 1.54) is 0 Å². The Balaban J connectivity index is 5.48. The number of nitrogens with one attached hydrogen (secondary N) is 3. The van der Waals surface area contributed by atoms with Crippen molar-refractivity contribution in [3.8, 4) is 0 Å². The summed E-state index contributed by atoms with van der Waals surface area (Å²) in [5, 5.41) is 32.6. The van der Waals surface area contributed by atoms with Gasteiger partial charge >= 0.3 is 17.9 Å². The molecule has 0 rings (SSSR count). The van der Waals surface area contributed by atoms with Gasteiger partial charge in [-0.3, -0.25) is 28.8 Å². The molecule has 3 unspecified atom stereocenters. The number of carboxylic acid groups (broad SMARTS) is 3. The zero-order valence-corrected chi connectivity index (χ0v) is 15.6. The Labute approximate surface area is 169 Å². The topological polar surface area (TPSA) is 268 Å². The summed E-state index contributed by atoms with van der Waals surface area (Å²) >= 11 is 0. The molecule has 0 spiro atoms. The van der Waals surface area contributed by atoms with E-state index in [1.54, 1.807) is 0 Å². The Hall–Kier alpha value is -3.75. The molecular weight excluding hydrogens is 410 g/mol. The van der Waals surface area contributed by atoms with Gasteiger partial charge in [0.25, 0.3) is 0 Å². The van der Waals surface area contributed by atoms with E-state index in [0.29, 0.717) is 0 Å². The Morgan fingerprint density at radius 3 is 1.63 bits per heavy atom. The minimum Gasteiger partial charge on any atom is -0.481 e. The predicted molar refractivity (Wildman–Crippen MR) is 95.4 cm³/mol. The van der Waals surface area contributed by atoms with Crippen molar-refractivity contribution in [2.45, 2.75) is 43.8 Å².